The minimum Gasteiger partial charge on any atom is -0.394 e. The minimum absolute atomic E-state index is 0.0143. The molecule has 1 heterocycles. The standard InChI is InChI=1S/C14H23NO3/c15-7-4-8-17-13-9-12(18-14(13)10-16)11-5-2-1-3-6-11/h11-14,16H,1-6,8-10H2. The summed E-state index contributed by atoms with van der Waals surface area (Å²) in [5.41, 5.74) is 0. The van der Waals surface area contributed by atoms with Crippen molar-refractivity contribution >= 4 is 0 Å². The Morgan fingerprint density at radius 2 is 2.06 bits per heavy atom. The zero-order valence-electron chi connectivity index (χ0n) is 10.9. The van der Waals surface area contributed by atoms with E-state index in [0.29, 0.717) is 18.9 Å². The molecule has 0 bridgehead atoms. The zero-order chi connectivity index (χ0) is 12.8. The van der Waals surface area contributed by atoms with Crippen molar-refractivity contribution in [2.24, 2.45) is 5.92 Å². The average molecular weight is 253 g/mol. The van der Waals surface area contributed by atoms with Gasteiger partial charge in [-0.1, -0.05) is 19.3 Å². The van der Waals surface area contributed by atoms with E-state index in [-0.39, 0.29) is 24.9 Å². The fourth-order valence-corrected chi connectivity index (χ4v) is 3.15. The van der Waals surface area contributed by atoms with Gasteiger partial charge in [-0.2, -0.15) is 5.26 Å². The van der Waals surface area contributed by atoms with Crippen LogP contribution in [0.25, 0.3) is 0 Å². The van der Waals surface area contributed by atoms with Gasteiger partial charge in [-0.15, -0.1) is 0 Å². The Morgan fingerprint density at radius 3 is 2.72 bits per heavy atom. The molecule has 2 aliphatic rings. The molecule has 1 aliphatic heterocycles. The highest BCUT2D eigenvalue weighted by molar-refractivity contribution is 4.88. The van der Waals surface area contributed by atoms with Crippen LogP contribution in [-0.4, -0.2) is 36.6 Å². The lowest BCUT2D eigenvalue weighted by molar-refractivity contribution is -0.0587. The highest BCUT2D eigenvalue weighted by Crippen LogP contribution is 2.35. The SMILES string of the molecule is N#CCCOC1CC(C2CCCCC2)OC1CO. The number of hydrogen-bond donors (Lipinski definition) is 1. The smallest absolute Gasteiger partial charge is 0.107 e. The van der Waals surface area contributed by atoms with Crippen molar-refractivity contribution < 1.29 is 14.6 Å². The molecule has 1 N–H and O–H groups in total. The van der Waals surface area contributed by atoms with Crippen molar-refractivity contribution in [3.63, 3.8) is 0 Å². The molecule has 102 valence electrons. The third-order valence-corrected chi connectivity index (χ3v) is 4.13. The maximum absolute atomic E-state index is 9.34. The zero-order valence-corrected chi connectivity index (χ0v) is 10.9. The van der Waals surface area contributed by atoms with Gasteiger partial charge in [0, 0.05) is 6.42 Å². The van der Waals surface area contributed by atoms with E-state index in [9.17, 15) is 5.11 Å². The molecule has 1 aliphatic carbocycles. The van der Waals surface area contributed by atoms with Crippen molar-refractivity contribution in [1.82, 2.24) is 0 Å². The number of aliphatic hydroxyl groups is 1. The Morgan fingerprint density at radius 1 is 1.28 bits per heavy atom. The molecule has 0 amide bonds. The van der Waals surface area contributed by atoms with E-state index >= 15 is 0 Å². The molecule has 4 nitrogen and oxygen atoms in total. The van der Waals surface area contributed by atoms with Gasteiger partial charge < -0.3 is 14.6 Å². The van der Waals surface area contributed by atoms with Crippen LogP contribution in [0.1, 0.15) is 44.9 Å². The summed E-state index contributed by atoms with van der Waals surface area (Å²) in [5.74, 6) is 0.636. The van der Waals surface area contributed by atoms with Gasteiger partial charge in [-0.25, -0.2) is 0 Å². The quantitative estimate of drug-likeness (QED) is 0.761. The maximum atomic E-state index is 9.34. The molecule has 0 radical (unpaired) electrons. The molecule has 2 rings (SSSR count). The molecule has 3 atom stereocenters. The third-order valence-electron chi connectivity index (χ3n) is 4.13. The number of ether oxygens (including phenoxy) is 2. The monoisotopic (exact) mass is 253 g/mol. The second-order valence-corrected chi connectivity index (χ2v) is 5.35. The predicted molar refractivity (Wildman–Crippen MR) is 66.9 cm³/mol. The van der Waals surface area contributed by atoms with Crippen LogP contribution < -0.4 is 0 Å². The van der Waals surface area contributed by atoms with Gasteiger partial charge in [-0.3, -0.25) is 0 Å². The van der Waals surface area contributed by atoms with Gasteiger partial charge in [-0.05, 0) is 18.8 Å². The summed E-state index contributed by atoms with van der Waals surface area (Å²) < 4.78 is 11.6. The summed E-state index contributed by atoms with van der Waals surface area (Å²) >= 11 is 0. The first-order valence-electron chi connectivity index (χ1n) is 7.10. The molecule has 4 heteroatoms. The summed E-state index contributed by atoms with van der Waals surface area (Å²) in [6, 6.07) is 2.07. The lowest BCUT2D eigenvalue weighted by Gasteiger charge is -2.26. The van der Waals surface area contributed by atoms with E-state index in [4.69, 9.17) is 14.7 Å². The third kappa shape index (κ3) is 3.44. The highest BCUT2D eigenvalue weighted by atomic mass is 16.6. The second kappa shape index (κ2) is 7.08. The molecule has 1 saturated carbocycles. The van der Waals surface area contributed by atoms with Gasteiger partial charge in [0.05, 0.1) is 37.9 Å². The Balaban J connectivity index is 1.82. The predicted octanol–water partition coefficient (Wildman–Crippen LogP) is 2.02. The summed E-state index contributed by atoms with van der Waals surface area (Å²) in [7, 11) is 0. The Labute approximate surface area is 109 Å². The fourth-order valence-electron chi connectivity index (χ4n) is 3.15. The number of rotatable bonds is 5. The molecular formula is C14H23NO3. The fraction of sp³-hybridized carbons (Fsp3) is 0.929. The molecule has 0 spiro atoms. The second-order valence-electron chi connectivity index (χ2n) is 5.35. The van der Waals surface area contributed by atoms with Crippen molar-refractivity contribution in [2.45, 2.75) is 63.3 Å². The van der Waals surface area contributed by atoms with Crippen LogP contribution >= 0.6 is 0 Å². The highest BCUT2D eigenvalue weighted by Gasteiger charge is 2.39. The molecule has 3 unspecified atom stereocenters. The summed E-state index contributed by atoms with van der Waals surface area (Å²) in [6.07, 6.45) is 7.73. The molecular weight excluding hydrogens is 230 g/mol. The van der Waals surface area contributed by atoms with Gasteiger partial charge >= 0.3 is 0 Å². The Hall–Kier alpha value is -0.630. The van der Waals surface area contributed by atoms with Crippen LogP contribution in [0.5, 0.6) is 0 Å². The Kier molecular flexibility index (Phi) is 5.43. The van der Waals surface area contributed by atoms with Crippen LogP contribution in [0.2, 0.25) is 0 Å². The number of aliphatic hydroxyl groups excluding tert-OH is 1. The van der Waals surface area contributed by atoms with Crippen LogP contribution in [0.15, 0.2) is 0 Å². The largest absolute Gasteiger partial charge is 0.394 e. The lowest BCUT2D eigenvalue weighted by Crippen LogP contribution is -2.28. The first-order chi connectivity index (χ1) is 8.85. The summed E-state index contributed by atoms with van der Waals surface area (Å²) in [4.78, 5) is 0. The molecule has 0 aromatic rings. The van der Waals surface area contributed by atoms with E-state index in [2.05, 4.69) is 6.07 Å². The molecule has 0 aromatic heterocycles. The van der Waals surface area contributed by atoms with E-state index in [1.807, 2.05) is 0 Å². The van der Waals surface area contributed by atoms with Crippen molar-refractivity contribution in [1.29, 1.82) is 5.26 Å². The number of hydrogen-bond acceptors (Lipinski definition) is 4. The summed E-state index contributed by atoms with van der Waals surface area (Å²) in [5, 5.41) is 17.8. The molecule has 2 fully saturated rings. The first kappa shape index (κ1) is 13.8. The van der Waals surface area contributed by atoms with Crippen LogP contribution in [0, 0.1) is 17.2 Å². The van der Waals surface area contributed by atoms with Gasteiger partial charge in [0.25, 0.3) is 0 Å². The van der Waals surface area contributed by atoms with Crippen LogP contribution in [0.3, 0.4) is 0 Å². The van der Waals surface area contributed by atoms with Gasteiger partial charge in [0.1, 0.15) is 6.10 Å². The van der Waals surface area contributed by atoms with Crippen molar-refractivity contribution in [3.8, 4) is 6.07 Å². The molecule has 0 aromatic carbocycles. The van der Waals surface area contributed by atoms with Crippen molar-refractivity contribution in [3.05, 3.63) is 0 Å². The topological polar surface area (TPSA) is 62.5 Å². The van der Waals surface area contributed by atoms with E-state index in [0.717, 1.165) is 6.42 Å². The van der Waals surface area contributed by atoms with E-state index in [1.54, 1.807) is 0 Å². The Bertz CT molecular complexity index is 283. The van der Waals surface area contributed by atoms with E-state index < -0.39 is 0 Å². The molecule has 18 heavy (non-hydrogen) atoms. The lowest BCUT2D eigenvalue weighted by atomic mass is 9.84. The minimum atomic E-state index is -0.199. The normalized spacial score (nSPS) is 33.4. The number of nitriles is 1. The van der Waals surface area contributed by atoms with Crippen LogP contribution in [0.4, 0.5) is 0 Å². The first-order valence-corrected chi connectivity index (χ1v) is 7.10. The number of nitrogens with zero attached hydrogens (tertiary/aromatic N) is 1. The average Bonchev–Trinajstić information content (AvgIpc) is 2.83. The van der Waals surface area contributed by atoms with Crippen LogP contribution in [-0.2, 0) is 9.47 Å². The van der Waals surface area contributed by atoms with Gasteiger partial charge in [0.2, 0.25) is 0 Å². The van der Waals surface area contributed by atoms with E-state index in [1.165, 1.54) is 32.1 Å². The molecule has 1 saturated heterocycles. The van der Waals surface area contributed by atoms with Crippen molar-refractivity contribution in [2.75, 3.05) is 13.2 Å². The maximum Gasteiger partial charge on any atom is 0.107 e. The summed E-state index contributed by atoms with van der Waals surface area (Å²) in [6.45, 7) is 0.457. The van der Waals surface area contributed by atoms with Gasteiger partial charge in [0.15, 0.2) is 0 Å².